The first-order chi connectivity index (χ1) is 19.7. The number of halogens is 2. The third-order valence-electron chi connectivity index (χ3n) is 6.87. The first kappa shape index (κ1) is 29.9. The van der Waals surface area contributed by atoms with Crippen molar-refractivity contribution in [3.63, 3.8) is 0 Å². The Morgan fingerprint density at radius 2 is 1.76 bits per heavy atom. The molecule has 218 valence electrons. The van der Waals surface area contributed by atoms with Crippen LogP contribution in [0, 0.1) is 11.6 Å². The summed E-state index contributed by atoms with van der Waals surface area (Å²) >= 11 is 0. The van der Waals surface area contributed by atoms with Crippen LogP contribution in [0.1, 0.15) is 31.8 Å². The number of aliphatic hydroxyl groups is 1. The van der Waals surface area contributed by atoms with Crippen LogP contribution in [-0.4, -0.2) is 78.9 Å². The van der Waals surface area contributed by atoms with Gasteiger partial charge in [0.1, 0.15) is 23.1 Å². The lowest BCUT2D eigenvalue weighted by Crippen LogP contribution is -2.48. The second kappa shape index (κ2) is 14.0. The highest BCUT2D eigenvalue weighted by atomic mass is 19.1. The van der Waals surface area contributed by atoms with Crippen molar-refractivity contribution >= 4 is 11.8 Å². The van der Waals surface area contributed by atoms with E-state index in [-0.39, 0.29) is 35.4 Å². The molecule has 11 heteroatoms. The van der Waals surface area contributed by atoms with E-state index in [4.69, 9.17) is 4.74 Å². The van der Waals surface area contributed by atoms with E-state index in [9.17, 15) is 28.6 Å². The molecule has 1 aliphatic rings. The normalized spacial score (nSPS) is 14.8. The summed E-state index contributed by atoms with van der Waals surface area (Å²) in [6, 6.07) is 13.4. The predicted molar refractivity (Wildman–Crippen MR) is 149 cm³/mol. The first-order valence-electron chi connectivity index (χ1n) is 13.3. The molecule has 2 atom stereocenters. The Morgan fingerprint density at radius 1 is 1.02 bits per heavy atom. The molecule has 5 N–H and O–H groups in total. The van der Waals surface area contributed by atoms with Crippen LogP contribution in [0.4, 0.5) is 8.78 Å². The molecule has 1 heterocycles. The van der Waals surface area contributed by atoms with Gasteiger partial charge in [0.15, 0.2) is 0 Å². The largest absolute Gasteiger partial charge is 0.507 e. The number of nitrogens with zero attached hydrogens (tertiary/aromatic N) is 1. The number of methoxy groups -OCH3 is 1. The zero-order valence-electron chi connectivity index (χ0n) is 22.7. The van der Waals surface area contributed by atoms with Crippen molar-refractivity contribution in [2.45, 2.75) is 25.1 Å². The number of amides is 2. The second-order valence-corrected chi connectivity index (χ2v) is 9.89. The zero-order chi connectivity index (χ0) is 29.4. The summed E-state index contributed by atoms with van der Waals surface area (Å²) < 4.78 is 33.0. The third-order valence-corrected chi connectivity index (χ3v) is 6.87. The van der Waals surface area contributed by atoms with E-state index in [1.165, 1.54) is 18.2 Å². The number of piperazine rings is 1. The molecule has 0 bridgehead atoms. The van der Waals surface area contributed by atoms with Gasteiger partial charge in [0.2, 0.25) is 0 Å². The number of aliphatic hydroxyl groups excluding tert-OH is 1. The molecule has 0 aliphatic carbocycles. The van der Waals surface area contributed by atoms with Crippen LogP contribution in [0.15, 0.2) is 60.7 Å². The zero-order valence-corrected chi connectivity index (χ0v) is 22.7. The van der Waals surface area contributed by atoms with Gasteiger partial charge in [-0.25, -0.2) is 8.78 Å². The Hall–Kier alpha value is -4.06. The van der Waals surface area contributed by atoms with E-state index < -0.39 is 35.6 Å². The van der Waals surface area contributed by atoms with Gasteiger partial charge in [0.05, 0.1) is 24.8 Å². The molecular formula is C30H34F2N4O5. The van der Waals surface area contributed by atoms with Gasteiger partial charge >= 0.3 is 0 Å². The molecule has 0 saturated carbocycles. The SMILES string of the molecule is COc1cccc(CNC[C@@H](O)[C@H](Cc2cc(F)cc(F)c2)NC(=O)c2ccc(O)c(C(=O)N3CCNCC3)c2)c1. The highest BCUT2D eigenvalue weighted by Crippen LogP contribution is 2.21. The molecule has 0 aromatic heterocycles. The number of carbonyl (C=O) groups excluding carboxylic acids is 2. The maximum absolute atomic E-state index is 13.9. The fourth-order valence-corrected chi connectivity index (χ4v) is 4.69. The number of hydrogen-bond donors (Lipinski definition) is 5. The number of rotatable bonds is 11. The lowest BCUT2D eigenvalue weighted by Gasteiger charge is -2.28. The highest BCUT2D eigenvalue weighted by molar-refractivity contribution is 6.01. The van der Waals surface area contributed by atoms with Gasteiger partial charge in [-0.3, -0.25) is 9.59 Å². The van der Waals surface area contributed by atoms with Gasteiger partial charge in [-0.15, -0.1) is 0 Å². The summed E-state index contributed by atoms with van der Waals surface area (Å²) in [5.74, 6) is -2.12. The molecule has 2 amide bonds. The Labute approximate surface area is 237 Å². The number of nitrogens with one attached hydrogen (secondary N) is 3. The molecule has 1 aliphatic heterocycles. The quantitative estimate of drug-likeness (QED) is 0.240. The third kappa shape index (κ3) is 8.23. The summed E-state index contributed by atoms with van der Waals surface area (Å²) in [5.41, 5.74) is 1.24. The molecule has 41 heavy (non-hydrogen) atoms. The van der Waals surface area contributed by atoms with Gasteiger partial charge in [0.25, 0.3) is 11.8 Å². The lowest BCUT2D eigenvalue weighted by molar-refractivity contribution is 0.0732. The standard InChI is InChI=1S/C30H34F2N4O5/c1-41-24-4-2-3-19(13-24)17-34-18-28(38)26(14-20-11-22(31)16-23(32)12-20)35-29(39)21-5-6-27(37)25(15-21)30(40)36-9-7-33-8-10-36/h2-6,11-13,15-16,26,28,33-34,37-38H,7-10,14,17-18H2,1H3,(H,35,39)/t26-,28+/m0/s1. The Kier molecular flexibility index (Phi) is 10.2. The van der Waals surface area contributed by atoms with E-state index in [1.807, 2.05) is 24.3 Å². The fraction of sp³-hybridized carbons (Fsp3) is 0.333. The first-order valence-corrected chi connectivity index (χ1v) is 13.3. The van der Waals surface area contributed by atoms with Gasteiger partial charge in [-0.05, 0) is 60.0 Å². The van der Waals surface area contributed by atoms with Gasteiger partial charge in [0, 0.05) is 50.9 Å². The molecule has 9 nitrogen and oxygen atoms in total. The average molecular weight is 569 g/mol. The molecule has 0 spiro atoms. The minimum atomic E-state index is -1.14. The average Bonchev–Trinajstić information content (AvgIpc) is 2.96. The summed E-state index contributed by atoms with van der Waals surface area (Å²) in [5, 5.41) is 30.4. The van der Waals surface area contributed by atoms with Crippen LogP contribution in [-0.2, 0) is 13.0 Å². The molecular weight excluding hydrogens is 534 g/mol. The van der Waals surface area contributed by atoms with Crippen molar-refractivity contribution in [2.24, 2.45) is 0 Å². The van der Waals surface area contributed by atoms with Crippen molar-refractivity contribution < 1.29 is 33.3 Å². The van der Waals surface area contributed by atoms with E-state index >= 15 is 0 Å². The van der Waals surface area contributed by atoms with Gasteiger partial charge in [-0.1, -0.05) is 12.1 Å². The molecule has 1 saturated heterocycles. The van der Waals surface area contributed by atoms with Crippen LogP contribution in [0.2, 0.25) is 0 Å². The summed E-state index contributed by atoms with van der Waals surface area (Å²) in [6.07, 6.45) is -1.21. The predicted octanol–water partition coefficient (Wildman–Crippen LogP) is 2.22. The van der Waals surface area contributed by atoms with Crippen molar-refractivity contribution in [1.82, 2.24) is 20.9 Å². The summed E-state index contributed by atoms with van der Waals surface area (Å²) in [4.78, 5) is 27.9. The molecule has 1 fully saturated rings. The number of phenolic OH excluding ortho intramolecular Hbond substituents is 1. The van der Waals surface area contributed by atoms with E-state index in [0.29, 0.717) is 38.5 Å². The smallest absolute Gasteiger partial charge is 0.257 e. The summed E-state index contributed by atoms with van der Waals surface area (Å²) in [6.45, 7) is 2.64. The number of ether oxygens (including phenoxy) is 1. The van der Waals surface area contributed by atoms with Crippen LogP contribution < -0.4 is 20.7 Å². The topological polar surface area (TPSA) is 123 Å². The number of phenols is 1. The van der Waals surface area contributed by atoms with E-state index in [1.54, 1.807) is 12.0 Å². The monoisotopic (exact) mass is 568 g/mol. The number of benzene rings is 3. The maximum Gasteiger partial charge on any atom is 0.257 e. The Bertz CT molecular complexity index is 1350. The minimum absolute atomic E-state index is 0.0104. The molecule has 3 aromatic rings. The second-order valence-electron chi connectivity index (χ2n) is 9.89. The van der Waals surface area contributed by atoms with E-state index in [2.05, 4.69) is 16.0 Å². The molecule has 4 rings (SSSR count). The van der Waals surface area contributed by atoms with Crippen LogP contribution in [0.3, 0.4) is 0 Å². The highest BCUT2D eigenvalue weighted by Gasteiger charge is 2.25. The van der Waals surface area contributed by atoms with Crippen LogP contribution >= 0.6 is 0 Å². The Morgan fingerprint density at radius 3 is 2.46 bits per heavy atom. The number of hydrogen-bond acceptors (Lipinski definition) is 7. The van der Waals surface area contributed by atoms with Crippen molar-refractivity contribution in [2.75, 3.05) is 39.8 Å². The van der Waals surface area contributed by atoms with Crippen molar-refractivity contribution in [3.05, 3.63) is 94.6 Å². The van der Waals surface area contributed by atoms with Crippen molar-refractivity contribution in [1.29, 1.82) is 0 Å². The van der Waals surface area contributed by atoms with Crippen LogP contribution in [0.5, 0.6) is 11.5 Å². The van der Waals surface area contributed by atoms with Crippen molar-refractivity contribution in [3.8, 4) is 11.5 Å². The lowest BCUT2D eigenvalue weighted by atomic mass is 9.99. The molecule has 3 aromatic carbocycles. The number of aromatic hydroxyl groups is 1. The van der Waals surface area contributed by atoms with Gasteiger partial charge in [-0.2, -0.15) is 0 Å². The number of carbonyl (C=O) groups is 2. The minimum Gasteiger partial charge on any atom is -0.507 e. The Balaban J connectivity index is 1.49. The maximum atomic E-state index is 13.9. The summed E-state index contributed by atoms with van der Waals surface area (Å²) in [7, 11) is 1.57. The molecule has 0 unspecified atom stereocenters. The van der Waals surface area contributed by atoms with Gasteiger partial charge < -0.3 is 35.8 Å². The van der Waals surface area contributed by atoms with Crippen LogP contribution in [0.25, 0.3) is 0 Å². The van der Waals surface area contributed by atoms with E-state index in [0.717, 1.165) is 23.8 Å². The fourth-order valence-electron chi connectivity index (χ4n) is 4.69. The molecule has 0 radical (unpaired) electrons.